The van der Waals surface area contributed by atoms with Crippen molar-refractivity contribution in [3.8, 4) is 0 Å². The van der Waals surface area contributed by atoms with Gasteiger partial charge in [0.2, 0.25) is 0 Å². The second kappa shape index (κ2) is 8.61. The molecule has 0 aromatic heterocycles. The Balaban J connectivity index is 1.42. The molecule has 138 valence electrons. The third-order valence-electron chi connectivity index (χ3n) is 5.25. The Kier molecular flexibility index (Phi) is 6.24. The molecule has 1 aliphatic heterocycles. The van der Waals surface area contributed by atoms with E-state index in [1.54, 1.807) is 7.05 Å². The van der Waals surface area contributed by atoms with E-state index in [0.717, 1.165) is 37.6 Å². The van der Waals surface area contributed by atoms with Crippen LogP contribution in [0.2, 0.25) is 0 Å². The van der Waals surface area contributed by atoms with Crippen LogP contribution >= 0.6 is 0 Å². The number of likely N-dealkylation sites (tertiary alicyclic amines) is 1. The molecule has 1 atom stereocenters. The van der Waals surface area contributed by atoms with Crippen molar-refractivity contribution >= 4 is 5.96 Å². The summed E-state index contributed by atoms with van der Waals surface area (Å²) >= 11 is 0. The molecule has 1 aliphatic carbocycles. The zero-order chi connectivity index (χ0) is 17.6. The molecule has 1 aromatic rings. The van der Waals surface area contributed by atoms with Crippen LogP contribution < -0.4 is 10.6 Å². The fraction of sp³-hybridized carbons (Fsp3) is 0.632. The third-order valence-corrected chi connectivity index (χ3v) is 5.25. The first kappa shape index (κ1) is 18.1. The van der Waals surface area contributed by atoms with Crippen LogP contribution in [0, 0.1) is 11.6 Å². The van der Waals surface area contributed by atoms with Gasteiger partial charge in [0.25, 0.3) is 0 Å². The van der Waals surface area contributed by atoms with Gasteiger partial charge in [0.1, 0.15) is 11.6 Å². The number of rotatable bonds is 5. The molecule has 3 rings (SSSR count). The molecule has 2 N–H and O–H groups in total. The van der Waals surface area contributed by atoms with Gasteiger partial charge < -0.3 is 10.6 Å². The molecule has 1 heterocycles. The van der Waals surface area contributed by atoms with E-state index < -0.39 is 11.6 Å². The van der Waals surface area contributed by atoms with Crippen LogP contribution in [0.15, 0.2) is 23.2 Å². The summed E-state index contributed by atoms with van der Waals surface area (Å²) in [5, 5.41) is 6.72. The third kappa shape index (κ3) is 5.14. The van der Waals surface area contributed by atoms with E-state index in [1.807, 2.05) is 0 Å². The maximum absolute atomic E-state index is 13.2. The smallest absolute Gasteiger partial charge is 0.191 e. The van der Waals surface area contributed by atoms with Gasteiger partial charge in [0.15, 0.2) is 5.96 Å². The van der Waals surface area contributed by atoms with Crippen molar-refractivity contribution in [2.75, 3.05) is 26.7 Å². The number of nitrogens with zero attached hydrogens (tertiary/aromatic N) is 2. The van der Waals surface area contributed by atoms with Crippen LogP contribution in [0.5, 0.6) is 0 Å². The van der Waals surface area contributed by atoms with Gasteiger partial charge in [-0.25, -0.2) is 8.78 Å². The van der Waals surface area contributed by atoms with Crippen molar-refractivity contribution in [1.82, 2.24) is 15.5 Å². The number of aliphatic imine (C=N–C) groups is 1. The lowest BCUT2D eigenvalue weighted by Crippen LogP contribution is -2.45. The zero-order valence-electron chi connectivity index (χ0n) is 14.9. The molecule has 1 saturated carbocycles. The minimum Gasteiger partial charge on any atom is -0.356 e. The Hall–Kier alpha value is -1.69. The van der Waals surface area contributed by atoms with Crippen LogP contribution in [-0.4, -0.2) is 49.6 Å². The zero-order valence-corrected chi connectivity index (χ0v) is 14.9. The first-order valence-corrected chi connectivity index (χ1v) is 9.30. The maximum atomic E-state index is 13.2. The fourth-order valence-electron chi connectivity index (χ4n) is 3.97. The van der Waals surface area contributed by atoms with Crippen LogP contribution in [-0.2, 0) is 6.42 Å². The number of hydrogen-bond acceptors (Lipinski definition) is 2. The molecule has 0 amide bonds. The Labute approximate surface area is 148 Å². The van der Waals surface area contributed by atoms with E-state index in [0.29, 0.717) is 24.6 Å². The fourth-order valence-corrected chi connectivity index (χ4v) is 3.97. The standard InChI is InChI=1S/C19H28F2N4/c1-22-19(23-8-6-14-10-15(20)12-16(21)11-14)24-17-7-9-25(13-17)18-4-2-3-5-18/h10-12,17-18H,2-9,13H2,1H3,(H2,22,23,24). The average Bonchev–Trinajstić information content (AvgIpc) is 3.24. The molecule has 2 aliphatic rings. The van der Waals surface area contributed by atoms with E-state index in [4.69, 9.17) is 0 Å². The van der Waals surface area contributed by atoms with Gasteiger partial charge in [0.05, 0.1) is 0 Å². The summed E-state index contributed by atoms with van der Waals surface area (Å²) in [4.78, 5) is 6.87. The molecular weight excluding hydrogens is 322 g/mol. The highest BCUT2D eigenvalue weighted by molar-refractivity contribution is 5.80. The molecule has 0 bridgehead atoms. The Morgan fingerprint density at radius 1 is 1.16 bits per heavy atom. The first-order chi connectivity index (χ1) is 12.1. The molecular formula is C19H28F2N4. The average molecular weight is 350 g/mol. The summed E-state index contributed by atoms with van der Waals surface area (Å²) in [6, 6.07) is 4.82. The van der Waals surface area contributed by atoms with Gasteiger partial charge in [-0.05, 0) is 43.4 Å². The lowest BCUT2D eigenvalue weighted by Gasteiger charge is -2.24. The SMILES string of the molecule is CN=C(NCCc1cc(F)cc(F)c1)NC1CCN(C2CCCC2)C1. The highest BCUT2D eigenvalue weighted by Crippen LogP contribution is 2.26. The minimum atomic E-state index is -0.532. The summed E-state index contributed by atoms with van der Waals surface area (Å²) in [6.45, 7) is 2.81. The predicted molar refractivity (Wildman–Crippen MR) is 96.8 cm³/mol. The molecule has 25 heavy (non-hydrogen) atoms. The highest BCUT2D eigenvalue weighted by atomic mass is 19.1. The minimum absolute atomic E-state index is 0.415. The van der Waals surface area contributed by atoms with Gasteiger partial charge in [-0.1, -0.05) is 12.8 Å². The quantitative estimate of drug-likeness (QED) is 0.634. The number of halogens is 2. The van der Waals surface area contributed by atoms with Crippen LogP contribution in [0.25, 0.3) is 0 Å². The summed E-state index contributed by atoms with van der Waals surface area (Å²) in [6.07, 6.45) is 7.08. The van der Waals surface area contributed by atoms with Gasteiger partial charge in [-0.2, -0.15) is 0 Å². The van der Waals surface area contributed by atoms with E-state index in [2.05, 4.69) is 20.5 Å². The van der Waals surface area contributed by atoms with E-state index in [-0.39, 0.29) is 0 Å². The van der Waals surface area contributed by atoms with Crippen molar-refractivity contribution in [3.05, 3.63) is 35.4 Å². The van der Waals surface area contributed by atoms with Crippen molar-refractivity contribution in [3.63, 3.8) is 0 Å². The Bertz CT molecular complexity index is 579. The molecule has 0 spiro atoms. The molecule has 2 fully saturated rings. The molecule has 6 heteroatoms. The number of guanidine groups is 1. The maximum Gasteiger partial charge on any atom is 0.191 e. The molecule has 1 saturated heterocycles. The number of benzene rings is 1. The molecule has 1 unspecified atom stereocenters. The van der Waals surface area contributed by atoms with Crippen LogP contribution in [0.3, 0.4) is 0 Å². The number of nitrogens with one attached hydrogen (secondary N) is 2. The Morgan fingerprint density at radius 2 is 1.88 bits per heavy atom. The lowest BCUT2D eigenvalue weighted by atomic mass is 10.1. The van der Waals surface area contributed by atoms with Crippen molar-refractivity contribution < 1.29 is 8.78 Å². The summed E-state index contributed by atoms with van der Waals surface area (Å²) in [5.74, 6) is -0.305. The second-order valence-electron chi connectivity index (χ2n) is 7.09. The lowest BCUT2D eigenvalue weighted by molar-refractivity contribution is 0.242. The van der Waals surface area contributed by atoms with Gasteiger partial charge in [0, 0.05) is 44.8 Å². The van der Waals surface area contributed by atoms with Gasteiger partial charge in [-0.15, -0.1) is 0 Å². The van der Waals surface area contributed by atoms with Crippen LogP contribution in [0.4, 0.5) is 8.78 Å². The van der Waals surface area contributed by atoms with Crippen molar-refractivity contribution in [2.24, 2.45) is 4.99 Å². The first-order valence-electron chi connectivity index (χ1n) is 9.30. The normalized spacial score (nSPS) is 22.5. The summed E-state index contributed by atoms with van der Waals surface area (Å²) in [5.41, 5.74) is 0.647. The molecule has 0 radical (unpaired) electrons. The monoisotopic (exact) mass is 350 g/mol. The van der Waals surface area contributed by atoms with Crippen molar-refractivity contribution in [1.29, 1.82) is 0 Å². The molecule has 1 aromatic carbocycles. The van der Waals surface area contributed by atoms with Gasteiger partial charge in [-0.3, -0.25) is 9.89 Å². The summed E-state index contributed by atoms with van der Waals surface area (Å²) in [7, 11) is 1.75. The summed E-state index contributed by atoms with van der Waals surface area (Å²) < 4.78 is 26.4. The highest BCUT2D eigenvalue weighted by Gasteiger charge is 2.30. The van der Waals surface area contributed by atoms with Crippen molar-refractivity contribution in [2.45, 2.75) is 50.6 Å². The molecule has 4 nitrogen and oxygen atoms in total. The topological polar surface area (TPSA) is 39.7 Å². The van der Waals surface area contributed by atoms with Crippen LogP contribution in [0.1, 0.15) is 37.7 Å². The largest absolute Gasteiger partial charge is 0.356 e. The predicted octanol–water partition coefficient (Wildman–Crippen LogP) is 2.69. The number of hydrogen-bond donors (Lipinski definition) is 2. The second-order valence-corrected chi connectivity index (χ2v) is 7.09. The van der Waals surface area contributed by atoms with Gasteiger partial charge >= 0.3 is 0 Å². The van der Waals surface area contributed by atoms with E-state index in [9.17, 15) is 8.78 Å². The Morgan fingerprint density at radius 3 is 2.56 bits per heavy atom. The van der Waals surface area contributed by atoms with E-state index in [1.165, 1.54) is 37.8 Å². The van der Waals surface area contributed by atoms with E-state index >= 15 is 0 Å².